The number of hydrogen-bond donors (Lipinski definition) is 2. The third kappa shape index (κ3) is 4.66. The first-order valence-corrected chi connectivity index (χ1v) is 15.3. The van der Waals surface area contributed by atoms with Gasteiger partial charge in [0.25, 0.3) is 0 Å². The van der Waals surface area contributed by atoms with Crippen LogP contribution < -0.4 is 26.0 Å². The molecule has 46 heavy (non-hydrogen) atoms. The number of benzene rings is 8. The van der Waals surface area contributed by atoms with Crippen molar-refractivity contribution in [3.05, 3.63) is 152 Å². The Balaban J connectivity index is 1.30. The van der Waals surface area contributed by atoms with E-state index in [0.717, 1.165) is 51.2 Å². The first kappa shape index (κ1) is 27.4. The zero-order valence-corrected chi connectivity index (χ0v) is 25.4. The predicted molar refractivity (Wildman–Crippen MR) is 195 cm³/mol. The van der Waals surface area contributed by atoms with Crippen LogP contribution in [0, 0.1) is 0 Å². The van der Waals surface area contributed by atoms with Crippen molar-refractivity contribution < 1.29 is 4.74 Å². The van der Waals surface area contributed by atoms with Crippen LogP contribution in [0.2, 0.25) is 0 Å². The lowest BCUT2D eigenvalue weighted by atomic mass is 9.93. The third-order valence-corrected chi connectivity index (χ3v) is 8.75. The molecule has 0 fully saturated rings. The topological polar surface area (TPSA) is 67.8 Å². The van der Waals surface area contributed by atoms with Crippen molar-refractivity contribution in [2.24, 2.45) is 0 Å². The van der Waals surface area contributed by atoms with Crippen molar-refractivity contribution in [1.29, 1.82) is 0 Å². The maximum Gasteiger partial charge on any atom is 0.119 e. The van der Waals surface area contributed by atoms with Gasteiger partial charge in [0.1, 0.15) is 5.75 Å². The van der Waals surface area contributed by atoms with Gasteiger partial charge in [-0.05, 0) is 130 Å². The van der Waals surface area contributed by atoms with E-state index in [2.05, 4.69) is 101 Å². The van der Waals surface area contributed by atoms with Gasteiger partial charge in [-0.15, -0.1) is 0 Å². The van der Waals surface area contributed by atoms with Crippen LogP contribution in [0.3, 0.4) is 0 Å². The summed E-state index contributed by atoms with van der Waals surface area (Å²) in [6.45, 7) is 0. The third-order valence-electron chi connectivity index (χ3n) is 8.75. The monoisotopic (exact) mass is 596 g/mol. The fourth-order valence-corrected chi connectivity index (χ4v) is 6.52. The second kappa shape index (κ2) is 11.1. The summed E-state index contributed by atoms with van der Waals surface area (Å²) in [6.07, 6.45) is 0. The molecule has 5 heteroatoms. The Morgan fingerprint density at radius 2 is 0.826 bits per heavy atom. The Morgan fingerprint density at radius 1 is 0.413 bits per heavy atom. The first-order chi connectivity index (χ1) is 22.6. The van der Waals surface area contributed by atoms with Crippen LogP contribution in [0.15, 0.2) is 152 Å². The molecule has 0 aromatic heterocycles. The molecule has 0 spiro atoms. The number of anilines is 8. The largest absolute Gasteiger partial charge is 0.497 e. The van der Waals surface area contributed by atoms with Crippen LogP contribution in [0.1, 0.15) is 0 Å². The van der Waals surface area contributed by atoms with E-state index in [1.165, 1.54) is 32.3 Å². The van der Waals surface area contributed by atoms with Gasteiger partial charge in [0.2, 0.25) is 0 Å². The number of rotatable bonds is 7. The molecule has 0 saturated heterocycles. The van der Waals surface area contributed by atoms with Crippen LogP contribution in [0.5, 0.6) is 5.75 Å². The Morgan fingerprint density at radius 3 is 1.35 bits per heavy atom. The Kier molecular flexibility index (Phi) is 6.58. The van der Waals surface area contributed by atoms with E-state index < -0.39 is 0 Å². The van der Waals surface area contributed by atoms with Crippen molar-refractivity contribution in [2.45, 2.75) is 0 Å². The molecule has 8 aromatic carbocycles. The van der Waals surface area contributed by atoms with Crippen LogP contribution in [0.25, 0.3) is 32.3 Å². The molecule has 0 aliphatic rings. The summed E-state index contributed by atoms with van der Waals surface area (Å²) in [7, 11) is 1.69. The van der Waals surface area contributed by atoms with Crippen molar-refractivity contribution in [2.75, 3.05) is 28.4 Å². The summed E-state index contributed by atoms with van der Waals surface area (Å²) < 4.78 is 5.51. The molecule has 0 amide bonds. The second-order valence-electron chi connectivity index (χ2n) is 11.5. The fourth-order valence-electron chi connectivity index (χ4n) is 6.52. The molecule has 0 radical (unpaired) electrons. The number of methoxy groups -OCH3 is 1. The molecule has 0 unspecified atom stereocenters. The molecule has 222 valence electrons. The van der Waals surface area contributed by atoms with Gasteiger partial charge in [-0.2, -0.15) is 0 Å². The summed E-state index contributed by atoms with van der Waals surface area (Å²) in [5.74, 6) is 0.817. The van der Waals surface area contributed by atoms with Crippen molar-refractivity contribution in [1.82, 2.24) is 0 Å². The molecule has 5 nitrogen and oxygen atoms in total. The number of nitrogens with two attached hydrogens (primary N) is 2. The standard InChI is InChI=1S/C41H32N4O/c1-46-37-23-21-36(22-24-37)45(39-26-8-29-6-5-27-3-2-4-28-7-25-38(39)41(29)40(27)28)35-19-17-34(18-20-35)44(32-13-9-30(42)10-14-32)33-15-11-31(43)12-16-33/h2-26H,42-43H2,1H3. The highest BCUT2D eigenvalue weighted by Gasteiger charge is 2.20. The molecule has 4 N–H and O–H groups in total. The molecule has 0 saturated carbocycles. The summed E-state index contributed by atoms with van der Waals surface area (Å²) in [4.78, 5) is 4.53. The van der Waals surface area contributed by atoms with E-state index in [0.29, 0.717) is 0 Å². The Bertz CT molecular complexity index is 2230. The number of ether oxygens (including phenoxy) is 1. The molecule has 0 aliphatic heterocycles. The van der Waals surface area contributed by atoms with Gasteiger partial charge >= 0.3 is 0 Å². The lowest BCUT2D eigenvalue weighted by Crippen LogP contribution is -2.12. The number of nitrogen functional groups attached to an aromatic ring is 2. The van der Waals surface area contributed by atoms with Gasteiger partial charge in [0.05, 0.1) is 12.8 Å². The van der Waals surface area contributed by atoms with Crippen LogP contribution in [0.4, 0.5) is 45.5 Å². The maximum atomic E-state index is 6.05. The molecule has 8 rings (SSSR count). The normalized spacial score (nSPS) is 11.3. The Labute approximate surface area is 267 Å². The maximum absolute atomic E-state index is 6.05. The van der Waals surface area contributed by atoms with Crippen molar-refractivity contribution >= 4 is 77.8 Å². The average Bonchev–Trinajstić information content (AvgIpc) is 3.10. The lowest BCUT2D eigenvalue weighted by molar-refractivity contribution is 0.415. The number of hydrogen-bond acceptors (Lipinski definition) is 5. The van der Waals surface area contributed by atoms with E-state index in [9.17, 15) is 0 Å². The lowest BCUT2D eigenvalue weighted by Gasteiger charge is -2.29. The quantitative estimate of drug-likeness (QED) is 0.141. The number of nitrogens with zero attached hydrogens (tertiary/aromatic N) is 2. The average molecular weight is 597 g/mol. The van der Waals surface area contributed by atoms with Crippen molar-refractivity contribution in [3.63, 3.8) is 0 Å². The second-order valence-corrected chi connectivity index (χ2v) is 11.5. The van der Waals surface area contributed by atoms with E-state index in [-0.39, 0.29) is 0 Å². The van der Waals surface area contributed by atoms with Crippen LogP contribution in [-0.2, 0) is 0 Å². The summed E-state index contributed by atoms with van der Waals surface area (Å²) in [6, 6.07) is 52.7. The van der Waals surface area contributed by atoms with Crippen LogP contribution in [-0.4, -0.2) is 7.11 Å². The fraction of sp³-hybridized carbons (Fsp3) is 0.0244. The minimum atomic E-state index is 0.722. The zero-order chi connectivity index (χ0) is 31.2. The van der Waals surface area contributed by atoms with Crippen LogP contribution >= 0.6 is 0 Å². The Hall–Kier alpha value is -6.20. The van der Waals surface area contributed by atoms with Gasteiger partial charge in [-0.25, -0.2) is 0 Å². The van der Waals surface area contributed by atoms with E-state index in [1.807, 2.05) is 60.7 Å². The van der Waals surface area contributed by atoms with E-state index in [1.54, 1.807) is 7.11 Å². The molecular formula is C41H32N4O. The van der Waals surface area contributed by atoms with Gasteiger partial charge in [-0.1, -0.05) is 48.5 Å². The summed E-state index contributed by atoms with van der Waals surface area (Å²) >= 11 is 0. The summed E-state index contributed by atoms with van der Waals surface area (Å²) in [5, 5.41) is 7.51. The minimum Gasteiger partial charge on any atom is -0.497 e. The molecule has 0 heterocycles. The smallest absolute Gasteiger partial charge is 0.119 e. The minimum absolute atomic E-state index is 0.722. The predicted octanol–water partition coefficient (Wildman–Crippen LogP) is 10.7. The van der Waals surface area contributed by atoms with Gasteiger partial charge in [-0.3, -0.25) is 0 Å². The van der Waals surface area contributed by atoms with E-state index in [4.69, 9.17) is 16.2 Å². The molecule has 0 aliphatic carbocycles. The molecular weight excluding hydrogens is 564 g/mol. The summed E-state index contributed by atoms with van der Waals surface area (Å²) in [5.41, 5.74) is 19.8. The highest BCUT2D eigenvalue weighted by Crippen LogP contribution is 2.45. The van der Waals surface area contributed by atoms with Gasteiger partial charge in [0.15, 0.2) is 0 Å². The van der Waals surface area contributed by atoms with E-state index >= 15 is 0 Å². The van der Waals surface area contributed by atoms with Gasteiger partial charge in [0, 0.05) is 45.2 Å². The molecule has 0 atom stereocenters. The molecule has 0 bridgehead atoms. The highest BCUT2D eigenvalue weighted by molar-refractivity contribution is 6.25. The zero-order valence-electron chi connectivity index (χ0n) is 25.4. The first-order valence-electron chi connectivity index (χ1n) is 15.3. The molecule has 8 aromatic rings. The SMILES string of the molecule is COc1ccc(N(c2ccc(N(c3ccc(N)cc3)c3ccc(N)cc3)cc2)c2ccc3ccc4cccc5ccc2c3c45)cc1. The highest BCUT2D eigenvalue weighted by atomic mass is 16.5. The van der Waals surface area contributed by atoms with Crippen molar-refractivity contribution in [3.8, 4) is 5.75 Å². The van der Waals surface area contributed by atoms with Gasteiger partial charge < -0.3 is 26.0 Å².